The molecule has 6 nitrogen and oxygen atoms in total. The van der Waals surface area contributed by atoms with Crippen LogP contribution in [0.4, 0.5) is 5.13 Å². The summed E-state index contributed by atoms with van der Waals surface area (Å²) in [6.45, 7) is 3.55. The third kappa shape index (κ3) is 3.77. The van der Waals surface area contributed by atoms with Crippen LogP contribution in [0.25, 0.3) is 10.2 Å². The summed E-state index contributed by atoms with van der Waals surface area (Å²) in [6.07, 6.45) is 0. The van der Waals surface area contributed by atoms with E-state index in [-0.39, 0.29) is 11.4 Å². The van der Waals surface area contributed by atoms with Gasteiger partial charge in [0.2, 0.25) is 15.9 Å². The molecule has 0 radical (unpaired) electrons. The number of rotatable bonds is 5. The highest BCUT2D eigenvalue weighted by atomic mass is 32.2. The van der Waals surface area contributed by atoms with Crippen LogP contribution in [0.2, 0.25) is 0 Å². The standard InChI is InChI=1S/C18H19N3O3S2/c1-12-7-9-14(10-8-12)26(23,24)21(3)11-16(22)19-18-20-17-13(2)5-4-6-15(17)25-18/h4-10H,11H2,1-3H3,(H,19,20,22). The van der Waals surface area contributed by atoms with E-state index in [1.807, 2.05) is 32.0 Å². The van der Waals surface area contributed by atoms with Gasteiger partial charge in [0.1, 0.15) is 0 Å². The van der Waals surface area contributed by atoms with Crippen LogP contribution in [-0.4, -0.2) is 37.2 Å². The number of aryl methyl sites for hydroxylation is 2. The average Bonchev–Trinajstić information content (AvgIpc) is 2.99. The number of thiazole rings is 1. The number of amides is 1. The van der Waals surface area contributed by atoms with Crippen molar-refractivity contribution < 1.29 is 13.2 Å². The number of sulfonamides is 1. The molecule has 1 heterocycles. The van der Waals surface area contributed by atoms with Crippen LogP contribution >= 0.6 is 11.3 Å². The summed E-state index contributed by atoms with van der Waals surface area (Å²) >= 11 is 1.36. The lowest BCUT2D eigenvalue weighted by atomic mass is 10.2. The minimum atomic E-state index is -3.72. The van der Waals surface area contributed by atoms with Crippen LogP contribution in [0, 0.1) is 13.8 Å². The molecule has 3 rings (SSSR count). The first-order valence-corrected chi connectivity index (χ1v) is 10.2. The van der Waals surface area contributed by atoms with Crippen molar-refractivity contribution in [2.24, 2.45) is 0 Å². The summed E-state index contributed by atoms with van der Waals surface area (Å²) in [5.74, 6) is -0.431. The van der Waals surface area contributed by atoms with Gasteiger partial charge in [-0.1, -0.05) is 41.2 Å². The van der Waals surface area contributed by atoms with Gasteiger partial charge in [0.25, 0.3) is 0 Å². The lowest BCUT2D eigenvalue weighted by Gasteiger charge is -2.16. The monoisotopic (exact) mass is 389 g/mol. The van der Waals surface area contributed by atoms with Crippen molar-refractivity contribution in [2.75, 3.05) is 18.9 Å². The van der Waals surface area contributed by atoms with E-state index in [4.69, 9.17) is 0 Å². The summed E-state index contributed by atoms with van der Waals surface area (Å²) in [5.41, 5.74) is 2.84. The fourth-order valence-electron chi connectivity index (χ4n) is 2.48. The molecular formula is C18H19N3O3S2. The molecule has 0 bridgehead atoms. The molecule has 0 atom stereocenters. The highest BCUT2D eigenvalue weighted by molar-refractivity contribution is 7.89. The van der Waals surface area contributed by atoms with Crippen LogP contribution < -0.4 is 5.32 Å². The number of likely N-dealkylation sites (N-methyl/N-ethyl adjacent to an activating group) is 1. The maximum atomic E-state index is 12.5. The van der Waals surface area contributed by atoms with E-state index in [1.165, 1.54) is 30.5 Å². The molecular weight excluding hydrogens is 370 g/mol. The first-order valence-electron chi connectivity index (χ1n) is 7.96. The highest BCUT2D eigenvalue weighted by Gasteiger charge is 2.23. The molecule has 0 aliphatic heterocycles. The lowest BCUT2D eigenvalue weighted by Crippen LogP contribution is -2.34. The first-order chi connectivity index (χ1) is 12.3. The van der Waals surface area contributed by atoms with Crippen LogP contribution in [0.15, 0.2) is 47.4 Å². The maximum absolute atomic E-state index is 12.5. The Balaban J connectivity index is 1.72. The van der Waals surface area contributed by atoms with Gasteiger partial charge in [0.15, 0.2) is 5.13 Å². The van der Waals surface area contributed by atoms with E-state index in [9.17, 15) is 13.2 Å². The van der Waals surface area contributed by atoms with Crippen molar-refractivity contribution in [3.63, 3.8) is 0 Å². The van der Waals surface area contributed by atoms with Crippen molar-refractivity contribution in [1.82, 2.24) is 9.29 Å². The van der Waals surface area contributed by atoms with Gasteiger partial charge >= 0.3 is 0 Å². The van der Waals surface area contributed by atoms with E-state index in [0.717, 1.165) is 25.6 Å². The topological polar surface area (TPSA) is 79.4 Å². The average molecular weight is 390 g/mol. The number of hydrogen-bond acceptors (Lipinski definition) is 5. The van der Waals surface area contributed by atoms with Gasteiger partial charge in [-0.15, -0.1) is 0 Å². The van der Waals surface area contributed by atoms with E-state index >= 15 is 0 Å². The largest absolute Gasteiger partial charge is 0.301 e. The van der Waals surface area contributed by atoms with Gasteiger partial charge in [0, 0.05) is 7.05 Å². The quantitative estimate of drug-likeness (QED) is 0.727. The minimum absolute atomic E-state index is 0.161. The number of anilines is 1. The summed E-state index contributed by atoms with van der Waals surface area (Å²) in [4.78, 5) is 16.8. The number of carbonyl (C=O) groups excluding carboxylic acids is 1. The molecule has 0 saturated carbocycles. The van der Waals surface area contributed by atoms with Crippen molar-refractivity contribution in [1.29, 1.82) is 0 Å². The third-order valence-electron chi connectivity index (χ3n) is 3.96. The van der Waals surface area contributed by atoms with E-state index in [2.05, 4.69) is 10.3 Å². The fraction of sp³-hybridized carbons (Fsp3) is 0.222. The number of nitrogens with one attached hydrogen (secondary N) is 1. The summed E-state index contributed by atoms with van der Waals surface area (Å²) in [5, 5.41) is 3.14. The van der Waals surface area contributed by atoms with Crippen molar-refractivity contribution >= 4 is 42.6 Å². The van der Waals surface area contributed by atoms with Gasteiger partial charge in [-0.3, -0.25) is 4.79 Å². The Hall–Kier alpha value is -2.29. The van der Waals surface area contributed by atoms with Crippen LogP contribution in [0.1, 0.15) is 11.1 Å². The van der Waals surface area contributed by atoms with E-state index < -0.39 is 15.9 Å². The van der Waals surface area contributed by atoms with Gasteiger partial charge in [-0.05, 0) is 37.6 Å². The molecule has 0 aliphatic carbocycles. The molecule has 136 valence electrons. The summed E-state index contributed by atoms with van der Waals surface area (Å²) in [7, 11) is -2.33. The van der Waals surface area contributed by atoms with Crippen LogP contribution in [0.5, 0.6) is 0 Å². The molecule has 26 heavy (non-hydrogen) atoms. The molecule has 0 unspecified atom stereocenters. The Morgan fingerprint density at radius 2 is 1.85 bits per heavy atom. The second-order valence-corrected chi connectivity index (χ2v) is 9.14. The minimum Gasteiger partial charge on any atom is -0.301 e. The molecule has 0 saturated heterocycles. The predicted octanol–water partition coefficient (Wildman–Crippen LogP) is 3.17. The number of aromatic nitrogens is 1. The van der Waals surface area contributed by atoms with Gasteiger partial charge in [-0.2, -0.15) is 4.31 Å². The zero-order valence-electron chi connectivity index (χ0n) is 14.7. The second-order valence-electron chi connectivity index (χ2n) is 6.06. The lowest BCUT2D eigenvalue weighted by molar-refractivity contribution is -0.116. The van der Waals surface area contributed by atoms with Crippen LogP contribution in [-0.2, 0) is 14.8 Å². The summed E-state index contributed by atoms with van der Waals surface area (Å²) < 4.78 is 27.1. The predicted molar refractivity (Wildman–Crippen MR) is 104 cm³/mol. The van der Waals surface area contributed by atoms with Crippen LogP contribution in [0.3, 0.4) is 0 Å². The molecule has 2 aromatic carbocycles. The van der Waals surface area contributed by atoms with Crippen molar-refractivity contribution in [3.8, 4) is 0 Å². The summed E-state index contributed by atoms with van der Waals surface area (Å²) in [6, 6.07) is 12.3. The normalized spacial score (nSPS) is 11.8. The number of para-hydroxylation sites is 1. The van der Waals surface area contributed by atoms with E-state index in [0.29, 0.717) is 5.13 Å². The Morgan fingerprint density at radius 1 is 1.15 bits per heavy atom. The number of nitrogens with zero attached hydrogens (tertiary/aromatic N) is 2. The zero-order valence-corrected chi connectivity index (χ0v) is 16.3. The SMILES string of the molecule is Cc1ccc(S(=O)(=O)N(C)CC(=O)Nc2nc3c(C)cccc3s2)cc1. The molecule has 1 N–H and O–H groups in total. The number of benzene rings is 2. The smallest absolute Gasteiger partial charge is 0.243 e. The second kappa shape index (κ2) is 7.14. The van der Waals surface area contributed by atoms with Gasteiger partial charge in [-0.25, -0.2) is 13.4 Å². The van der Waals surface area contributed by atoms with Gasteiger partial charge in [0.05, 0.1) is 21.7 Å². The Bertz CT molecular complexity index is 1060. The number of carbonyl (C=O) groups is 1. The van der Waals surface area contributed by atoms with Gasteiger partial charge < -0.3 is 5.32 Å². The third-order valence-corrected chi connectivity index (χ3v) is 6.72. The fourth-order valence-corrected chi connectivity index (χ4v) is 4.56. The zero-order chi connectivity index (χ0) is 18.9. The Kier molecular flexibility index (Phi) is 5.08. The molecule has 3 aromatic rings. The van der Waals surface area contributed by atoms with E-state index in [1.54, 1.807) is 12.1 Å². The molecule has 0 aliphatic rings. The van der Waals surface area contributed by atoms with Crippen molar-refractivity contribution in [2.45, 2.75) is 18.7 Å². The van der Waals surface area contributed by atoms with Crippen molar-refractivity contribution in [3.05, 3.63) is 53.6 Å². The Morgan fingerprint density at radius 3 is 2.50 bits per heavy atom. The molecule has 1 aromatic heterocycles. The molecule has 8 heteroatoms. The highest BCUT2D eigenvalue weighted by Crippen LogP contribution is 2.27. The Labute approximate surface area is 156 Å². The maximum Gasteiger partial charge on any atom is 0.243 e. The number of hydrogen-bond donors (Lipinski definition) is 1. The molecule has 0 spiro atoms. The first kappa shape index (κ1) is 18.5. The molecule has 0 fully saturated rings. The number of fused-ring (bicyclic) bond motifs is 1. The molecule has 1 amide bonds.